The fraction of sp³-hybridized carbons (Fsp3) is 0.222. The average molecular weight is 223 g/mol. The van der Waals surface area contributed by atoms with E-state index in [-0.39, 0.29) is 6.42 Å². The second kappa shape index (κ2) is 3.82. The molecule has 0 saturated carbocycles. The van der Waals surface area contributed by atoms with Gasteiger partial charge in [0.25, 0.3) is 0 Å². The summed E-state index contributed by atoms with van der Waals surface area (Å²) in [5.41, 5.74) is 0.575. The predicted molar refractivity (Wildman–Crippen MR) is 55.7 cm³/mol. The summed E-state index contributed by atoms with van der Waals surface area (Å²) in [7, 11) is 1.88. The molecule has 0 unspecified atom stereocenters. The molecule has 0 radical (unpaired) electrons. The van der Waals surface area contributed by atoms with Crippen molar-refractivity contribution in [2.24, 2.45) is 7.05 Å². The molecule has 78 valence electrons. The zero-order valence-corrected chi connectivity index (χ0v) is 8.86. The summed E-state index contributed by atoms with van der Waals surface area (Å²) >= 11 is 1.41. The van der Waals surface area contributed by atoms with Crippen LogP contribution in [0.2, 0.25) is 0 Å². The molecule has 0 atom stereocenters. The van der Waals surface area contributed by atoms with Gasteiger partial charge in [0.05, 0.1) is 12.1 Å². The van der Waals surface area contributed by atoms with E-state index in [0.717, 1.165) is 10.8 Å². The first kappa shape index (κ1) is 9.85. The molecule has 0 spiro atoms. The van der Waals surface area contributed by atoms with Crippen molar-refractivity contribution in [2.45, 2.75) is 6.42 Å². The highest BCUT2D eigenvalue weighted by atomic mass is 32.1. The highest BCUT2D eigenvalue weighted by Crippen LogP contribution is 2.21. The summed E-state index contributed by atoms with van der Waals surface area (Å²) in [5.74, 6) is -0.108. The van der Waals surface area contributed by atoms with Crippen molar-refractivity contribution in [3.05, 3.63) is 23.5 Å². The van der Waals surface area contributed by atoms with Crippen LogP contribution in [0.5, 0.6) is 0 Å². The molecule has 2 aromatic rings. The second-order valence-corrected chi connectivity index (χ2v) is 3.93. The Morgan fingerprint density at radius 3 is 3.07 bits per heavy atom. The maximum Gasteiger partial charge on any atom is 0.309 e. The number of aromatic nitrogens is 3. The van der Waals surface area contributed by atoms with Gasteiger partial charge in [-0.2, -0.15) is 0 Å². The van der Waals surface area contributed by atoms with Gasteiger partial charge in [-0.25, -0.2) is 9.97 Å². The number of hydrogen-bond donors (Lipinski definition) is 1. The molecule has 1 N–H and O–H groups in total. The lowest BCUT2D eigenvalue weighted by Gasteiger charge is -1.95. The number of carboxylic acids is 1. The Bertz CT molecular complexity index is 489. The fourth-order valence-corrected chi connectivity index (χ4v) is 2.07. The monoisotopic (exact) mass is 223 g/mol. The van der Waals surface area contributed by atoms with Gasteiger partial charge in [0.2, 0.25) is 0 Å². The molecule has 2 rings (SSSR count). The van der Waals surface area contributed by atoms with E-state index in [4.69, 9.17) is 5.11 Å². The number of thiazole rings is 1. The van der Waals surface area contributed by atoms with Crippen molar-refractivity contribution >= 4 is 17.3 Å². The highest BCUT2D eigenvalue weighted by Gasteiger charge is 2.10. The van der Waals surface area contributed by atoms with Gasteiger partial charge in [-0.3, -0.25) is 4.79 Å². The summed E-state index contributed by atoms with van der Waals surface area (Å²) < 4.78 is 1.85. The Kier molecular flexibility index (Phi) is 2.51. The van der Waals surface area contributed by atoms with Crippen LogP contribution in [0.1, 0.15) is 5.69 Å². The third-order valence-electron chi connectivity index (χ3n) is 1.90. The van der Waals surface area contributed by atoms with Crippen molar-refractivity contribution in [1.82, 2.24) is 14.5 Å². The first-order chi connectivity index (χ1) is 7.16. The molecular formula is C9H9N3O2S. The summed E-state index contributed by atoms with van der Waals surface area (Å²) in [6.07, 6.45) is 3.47. The van der Waals surface area contributed by atoms with Crippen LogP contribution < -0.4 is 0 Å². The largest absolute Gasteiger partial charge is 0.481 e. The summed E-state index contributed by atoms with van der Waals surface area (Å²) in [4.78, 5) is 18.8. The normalized spacial score (nSPS) is 10.5. The molecule has 15 heavy (non-hydrogen) atoms. The molecular weight excluding hydrogens is 214 g/mol. The van der Waals surface area contributed by atoms with Gasteiger partial charge in [-0.15, -0.1) is 11.3 Å². The molecule has 2 heterocycles. The van der Waals surface area contributed by atoms with Gasteiger partial charge in [0.15, 0.2) is 10.8 Å². The van der Waals surface area contributed by atoms with E-state index in [0.29, 0.717) is 5.69 Å². The molecule has 0 aliphatic rings. The van der Waals surface area contributed by atoms with E-state index >= 15 is 0 Å². The number of aryl methyl sites for hydroxylation is 1. The molecule has 0 aromatic carbocycles. The SMILES string of the molecule is Cn1ccnc1-c1nc(CC(=O)O)cs1. The maximum absolute atomic E-state index is 10.5. The third-order valence-corrected chi connectivity index (χ3v) is 2.78. The van der Waals surface area contributed by atoms with Crippen LogP contribution in [0, 0.1) is 0 Å². The minimum absolute atomic E-state index is 0.0408. The Labute approximate surface area is 90.0 Å². The molecule has 2 aromatic heterocycles. The van der Waals surface area contributed by atoms with E-state index in [9.17, 15) is 4.79 Å². The lowest BCUT2D eigenvalue weighted by molar-refractivity contribution is -0.136. The number of rotatable bonds is 3. The molecule has 0 amide bonds. The van der Waals surface area contributed by atoms with E-state index in [1.165, 1.54) is 11.3 Å². The Morgan fingerprint density at radius 2 is 2.47 bits per heavy atom. The van der Waals surface area contributed by atoms with E-state index in [1.807, 2.05) is 17.8 Å². The predicted octanol–water partition coefficient (Wildman–Crippen LogP) is 1.17. The summed E-state index contributed by atoms with van der Waals surface area (Å²) in [6, 6.07) is 0. The van der Waals surface area contributed by atoms with Crippen LogP contribution >= 0.6 is 11.3 Å². The molecule has 5 nitrogen and oxygen atoms in total. The van der Waals surface area contributed by atoms with E-state index in [2.05, 4.69) is 9.97 Å². The average Bonchev–Trinajstić information content (AvgIpc) is 2.72. The zero-order chi connectivity index (χ0) is 10.8. The molecule has 0 aliphatic carbocycles. The molecule has 0 aliphatic heterocycles. The standard InChI is InChI=1S/C9H9N3O2S/c1-12-3-2-10-8(12)9-11-6(5-15-9)4-7(13)14/h2-3,5H,4H2,1H3,(H,13,14). The Hall–Kier alpha value is -1.69. The van der Waals surface area contributed by atoms with Crippen molar-refractivity contribution in [2.75, 3.05) is 0 Å². The van der Waals surface area contributed by atoms with E-state index in [1.54, 1.807) is 11.6 Å². The second-order valence-electron chi connectivity index (χ2n) is 3.08. The molecule has 6 heteroatoms. The topological polar surface area (TPSA) is 68.0 Å². The maximum atomic E-state index is 10.5. The van der Waals surface area contributed by atoms with Crippen LogP contribution in [0.4, 0.5) is 0 Å². The van der Waals surface area contributed by atoms with Gasteiger partial charge < -0.3 is 9.67 Å². The number of nitrogens with zero attached hydrogens (tertiary/aromatic N) is 3. The van der Waals surface area contributed by atoms with E-state index < -0.39 is 5.97 Å². The van der Waals surface area contributed by atoms with Gasteiger partial charge in [-0.05, 0) is 0 Å². The summed E-state index contributed by atoms with van der Waals surface area (Å²) in [6.45, 7) is 0. The highest BCUT2D eigenvalue weighted by molar-refractivity contribution is 7.13. The van der Waals surface area contributed by atoms with Crippen LogP contribution in [0.25, 0.3) is 10.8 Å². The van der Waals surface area contributed by atoms with Gasteiger partial charge in [0, 0.05) is 24.8 Å². The van der Waals surface area contributed by atoms with Crippen molar-refractivity contribution < 1.29 is 9.90 Å². The molecule has 0 fully saturated rings. The number of hydrogen-bond acceptors (Lipinski definition) is 4. The number of carboxylic acid groups (broad SMARTS) is 1. The minimum Gasteiger partial charge on any atom is -0.481 e. The number of aliphatic carboxylic acids is 1. The van der Waals surface area contributed by atoms with Gasteiger partial charge in [0.1, 0.15) is 0 Å². The fourth-order valence-electron chi connectivity index (χ4n) is 1.22. The smallest absolute Gasteiger partial charge is 0.309 e. The first-order valence-corrected chi connectivity index (χ1v) is 5.18. The first-order valence-electron chi connectivity index (χ1n) is 4.30. The Balaban J connectivity index is 2.28. The molecule has 0 saturated heterocycles. The quantitative estimate of drug-likeness (QED) is 0.848. The van der Waals surface area contributed by atoms with Crippen molar-refractivity contribution in [3.8, 4) is 10.8 Å². The zero-order valence-electron chi connectivity index (χ0n) is 8.04. The third kappa shape index (κ3) is 2.04. The van der Waals surface area contributed by atoms with Crippen molar-refractivity contribution in [1.29, 1.82) is 0 Å². The number of carbonyl (C=O) groups is 1. The van der Waals surface area contributed by atoms with Gasteiger partial charge >= 0.3 is 5.97 Å². The lowest BCUT2D eigenvalue weighted by atomic mass is 10.3. The summed E-state index contributed by atoms with van der Waals surface area (Å²) in [5, 5.41) is 11.1. The molecule has 0 bridgehead atoms. The Morgan fingerprint density at radius 1 is 1.67 bits per heavy atom. The van der Waals surface area contributed by atoms with Gasteiger partial charge in [-0.1, -0.05) is 0 Å². The van der Waals surface area contributed by atoms with Crippen LogP contribution in [0.3, 0.4) is 0 Å². The van der Waals surface area contributed by atoms with Crippen LogP contribution in [-0.2, 0) is 18.3 Å². The van der Waals surface area contributed by atoms with Crippen LogP contribution in [-0.4, -0.2) is 25.6 Å². The van der Waals surface area contributed by atoms with Crippen LogP contribution in [0.15, 0.2) is 17.8 Å². The minimum atomic E-state index is -0.869. The lowest BCUT2D eigenvalue weighted by Crippen LogP contribution is -2.00. The number of imidazole rings is 1. The van der Waals surface area contributed by atoms with Crippen molar-refractivity contribution in [3.63, 3.8) is 0 Å².